The van der Waals surface area contributed by atoms with Crippen molar-refractivity contribution in [2.45, 2.75) is 96.8 Å². The number of para-hydroxylation sites is 1. The van der Waals surface area contributed by atoms with Crippen LogP contribution in [0.3, 0.4) is 0 Å². The maximum absolute atomic E-state index is 12.9. The fourth-order valence-corrected chi connectivity index (χ4v) is 4.19. The predicted molar refractivity (Wildman–Crippen MR) is 129 cm³/mol. The summed E-state index contributed by atoms with van der Waals surface area (Å²) in [4.78, 5) is 12.9. The lowest BCUT2D eigenvalue weighted by atomic mass is 9.93. The van der Waals surface area contributed by atoms with Gasteiger partial charge in [0, 0.05) is 0 Å². The second-order valence-electron chi connectivity index (χ2n) is 8.65. The third-order valence-electron chi connectivity index (χ3n) is 6.05. The lowest BCUT2D eigenvalue weighted by Crippen LogP contribution is -2.06. The summed E-state index contributed by atoms with van der Waals surface area (Å²) in [7, 11) is 0. The van der Waals surface area contributed by atoms with Crippen molar-refractivity contribution >= 4 is 5.78 Å². The zero-order chi connectivity index (χ0) is 22.3. The number of benzene rings is 2. The van der Waals surface area contributed by atoms with Gasteiger partial charge in [-0.3, -0.25) is 4.79 Å². The van der Waals surface area contributed by atoms with Gasteiger partial charge in [0.15, 0.2) is 0 Å². The third kappa shape index (κ3) is 8.77. The largest absolute Gasteiger partial charge is 0.507 e. The Labute approximate surface area is 188 Å². The van der Waals surface area contributed by atoms with Crippen LogP contribution in [0.5, 0.6) is 11.5 Å². The molecule has 0 fully saturated rings. The van der Waals surface area contributed by atoms with Gasteiger partial charge in [-0.25, -0.2) is 0 Å². The minimum Gasteiger partial charge on any atom is -0.507 e. The first-order valence-corrected chi connectivity index (χ1v) is 12.3. The average Bonchev–Trinajstić information content (AvgIpc) is 2.77. The van der Waals surface area contributed by atoms with Crippen molar-refractivity contribution in [3.63, 3.8) is 0 Å². The SMILES string of the molecule is CCCCCCCCCCCCCCCc1cccc(O)c1C(=O)c1ccccc1O. The lowest BCUT2D eigenvalue weighted by Gasteiger charge is -2.12. The summed E-state index contributed by atoms with van der Waals surface area (Å²) in [5.41, 5.74) is 1.41. The van der Waals surface area contributed by atoms with Crippen LogP contribution in [0.1, 0.15) is 112 Å². The molecule has 0 unspecified atom stereocenters. The van der Waals surface area contributed by atoms with E-state index in [0.29, 0.717) is 5.56 Å². The van der Waals surface area contributed by atoms with Crippen molar-refractivity contribution < 1.29 is 15.0 Å². The zero-order valence-corrected chi connectivity index (χ0v) is 19.2. The summed E-state index contributed by atoms with van der Waals surface area (Å²) >= 11 is 0. The van der Waals surface area contributed by atoms with Gasteiger partial charge in [0.2, 0.25) is 5.78 Å². The van der Waals surface area contributed by atoms with Gasteiger partial charge < -0.3 is 10.2 Å². The molecule has 0 aliphatic heterocycles. The highest BCUT2D eigenvalue weighted by Crippen LogP contribution is 2.29. The van der Waals surface area contributed by atoms with E-state index in [0.717, 1.165) is 24.8 Å². The molecule has 0 aliphatic rings. The van der Waals surface area contributed by atoms with Crippen molar-refractivity contribution in [2.75, 3.05) is 0 Å². The number of hydrogen-bond acceptors (Lipinski definition) is 3. The van der Waals surface area contributed by atoms with Crippen LogP contribution < -0.4 is 0 Å². The Bertz CT molecular complexity index is 782. The number of phenols is 2. The van der Waals surface area contributed by atoms with Crippen molar-refractivity contribution in [2.24, 2.45) is 0 Å². The van der Waals surface area contributed by atoms with Crippen molar-refractivity contribution in [1.82, 2.24) is 0 Å². The van der Waals surface area contributed by atoms with E-state index < -0.39 is 0 Å². The molecule has 2 N–H and O–H groups in total. The van der Waals surface area contributed by atoms with Gasteiger partial charge in [-0.15, -0.1) is 0 Å². The molecule has 0 saturated carbocycles. The summed E-state index contributed by atoms with van der Waals surface area (Å²) in [6.45, 7) is 2.26. The fraction of sp³-hybridized carbons (Fsp3) is 0.536. The van der Waals surface area contributed by atoms with E-state index in [1.54, 1.807) is 30.3 Å². The van der Waals surface area contributed by atoms with E-state index in [1.165, 1.54) is 76.7 Å². The van der Waals surface area contributed by atoms with Gasteiger partial charge >= 0.3 is 0 Å². The Morgan fingerprint density at radius 1 is 0.645 bits per heavy atom. The molecule has 31 heavy (non-hydrogen) atoms. The molecule has 0 spiro atoms. The molecule has 0 bridgehead atoms. The molecular formula is C28H40O3. The number of aromatic hydroxyl groups is 2. The Hall–Kier alpha value is -2.29. The van der Waals surface area contributed by atoms with Gasteiger partial charge in [-0.05, 0) is 36.6 Å². The number of rotatable bonds is 16. The first kappa shape index (κ1) is 25.0. The van der Waals surface area contributed by atoms with Gasteiger partial charge in [0.25, 0.3) is 0 Å². The summed E-state index contributed by atoms with van der Waals surface area (Å²) in [5.74, 6) is -0.385. The van der Waals surface area contributed by atoms with Gasteiger partial charge in [0.1, 0.15) is 11.5 Å². The van der Waals surface area contributed by atoms with Crippen molar-refractivity contribution in [3.8, 4) is 11.5 Å². The first-order chi connectivity index (χ1) is 15.1. The zero-order valence-electron chi connectivity index (χ0n) is 19.2. The van der Waals surface area contributed by atoms with Crippen LogP contribution in [0.2, 0.25) is 0 Å². The second kappa shape index (κ2) is 14.7. The normalized spacial score (nSPS) is 11.0. The number of aryl methyl sites for hydroxylation is 1. The van der Waals surface area contributed by atoms with Crippen molar-refractivity contribution in [1.29, 1.82) is 0 Å². The van der Waals surface area contributed by atoms with E-state index in [9.17, 15) is 15.0 Å². The Balaban J connectivity index is 1.69. The predicted octanol–water partition coefficient (Wildman–Crippen LogP) is 7.96. The van der Waals surface area contributed by atoms with Crippen LogP contribution in [0.15, 0.2) is 42.5 Å². The number of carbonyl (C=O) groups excluding carboxylic acids is 1. The molecule has 2 aromatic rings. The number of phenolic OH excluding ortho intramolecular Hbond substituents is 2. The van der Waals surface area contributed by atoms with E-state index >= 15 is 0 Å². The molecule has 0 atom stereocenters. The maximum Gasteiger partial charge on any atom is 0.200 e. The molecule has 0 radical (unpaired) electrons. The molecule has 170 valence electrons. The molecular weight excluding hydrogens is 384 g/mol. The van der Waals surface area contributed by atoms with Crippen LogP contribution in [-0.2, 0) is 6.42 Å². The molecule has 0 saturated heterocycles. The molecule has 2 aromatic carbocycles. The third-order valence-corrected chi connectivity index (χ3v) is 6.05. The second-order valence-corrected chi connectivity index (χ2v) is 8.65. The van der Waals surface area contributed by atoms with Crippen LogP contribution in [0.25, 0.3) is 0 Å². The van der Waals surface area contributed by atoms with E-state index in [1.807, 2.05) is 6.07 Å². The first-order valence-electron chi connectivity index (χ1n) is 12.3. The average molecular weight is 425 g/mol. The van der Waals surface area contributed by atoms with E-state index in [4.69, 9.17) is 0 Å². The fourth-order valence-electron chi connectivity index (χ4n) is 4.19. The summed E-state index contributed by atoms with van der Waals surface area (Å²) in [6.07, 6.45) is 17.7. The monoisotopic (exact) mass is 424 g/mol. The van der Waals surface area contributed by atoms with E-state index in [-0.39, 0.29) is 22.8 Å². The Morgan fingerprint density at radius 3 is 1.74 bits per heavy atom. The molecule has 0 amide bonds. The molecule has 0 heterocycles. The minimum absolute atomic E-state index is 0.0135. The van der Waals surface area contributed by atoms with Gasteiger partial charge in [-0.2, -0.15) is 0 Å². The number of hydrogen-bond donors (Lipinski definition) is 2. The standard InChI is InChI=1S/C28H40O3/c1-2-3-4-5-6-7-8-9-10-11-12-13-14-18-23-19-17-22-26(30)27(23)28(31)24-20-15-16-21-25(24)29/h15-17,19-22,29-30H,2-14,18H2,1H3. The molecule has 3 nitrogen and oxygen atoms in total. The molecule has 0 aliphatic carbocycles. The molecule has 2 rings (SSSR count). The molecule has 0 aromatic heterocycles. The van der Waals surface area contributed by atoms with Gasteiger partial charge in [0.05, 0.1) is 11.1 Å². The van der Waals surface area contributed by atoms with Crippen LogP contribution in [-0.4, -0.2) is 16.0 Å². The lowest BCUT2D eigenvalue weighted by molar-refractivity contribution is 0.103. The van der Waals surface area contributed by atoms with Crippen LogP contribution in [0.4, 0.5) is 0 Å². The molecule has 3 heteroatoms. The Morgan fingerprint density at radius 2 is 1.16 bits per heavy atom. The number of ketones is 1. The highest BCUT2D eigenvalue weighted by Gasteiger charge is 2.20. The topological polar surface area (TPSA) is 57.5 Å². The van der Waals surface area contributed by atoms with Crippen LogP contribution >= 0.6 is 0 Å². The maximum atomic E-state index is 12.9. The van der Waals surface area contributed by atoms with Crippen LogP contribution in [0, 0.1) is 0 Å². The van der Waals surface area contributed by atoms with Crippen molar-refractivity contribution in [3.05, 3.63) is 59.2 Å². The quantitative estimate of drug-likeness (QED) is 0.212. The highest BCUT2D eigenvalue weighted by atomic mass is 16.3. The Kier molecular flexibility index (Phi) is 11.8. The smallest absolute Gasteiger partial charge is 0.200 e. The number of unbranched alkanes of at least 4 members (excludes halogenated alkanes) is 12. The highest BCUT2D eigenvalue weighted by molar-refractivity contribution is 6.13. The van der Waals surface area contributed by atoms with E-state index in [2.05, 4.69) is 6.92 Å². The summed E-state index contributed by atoms with van der Waals surface area (Å²) in [6, 6.07) is 11.7. The van der Waals surface area contributed by atoms with Gasteiger partial charge in [-0.1, -0.05) is 108 Å². The summed E-state index contributed by atoms with van der Waals surface area (Å²) in [5, 5.41) is 20.3. The number of carbonyl (C=O) groups is 1. The minimum atomic E-state index is -0.319. The summed E-state index contributed by atoms with van der Waals surface area (Å²) < 4.78 is 0.